The number of fused-ring (bicyclic) bond motifs is 1. The van der Waals surface area contributed by atoms with Gasteiger partial charge in [-0.05, 0) is 62.5 Å². The number of likely N-dealkylation sites (N-methyl/N-ethyl adjacent to an activating group) is 1. The molecule has 1 aliphatic carbocycles. The molecule has 0 radical (unpaired) electrons. The third-order valence-electron chi connectivity index (χ3n) is 4.90. The van der Waals surface area contributed by atoms with E-state index in [0.29, 0.717) is 12.5 Å². The van der Waals surface area contributed by atoms with Crippen molar-refractivity contribution in [3.05, 3.63) is 65.2 Å². The molecule has 2 aromatic rings. The highest BCUT2D eigenvalue weighted by Gasteiger charge is 2.15. The molecular formula is C21H28N4. The molecule has 3 rings (SSSR count). The number of rotatable bonds is 5. The smallest absolute Gasteiger partial charge is 0.193 e. The Hall–Kier alpha value is -2.33. The van der Waals surface area contributed by atoms with Gasteiger partial charge < -0.3 is 16.0 Å². The van der Waals surface area contributed by atoms with Gasteiger partial charge in [-0.1, -0.05) is 42.5 Å². The molecule has 4 nitrogen and oxygen atoms in total. The molecule has 0 amide bonds. The third-order valence-corrected chi connectivity index (χ3v) is 4.90. The van der Waals surface area contributed by atoms with Gasteiger partial charge >= 0.3 is 0 Å². The van der Waals surface area contributed by atoms with Crippen molar-refractivity contribution in [2.24, 2.45) is 10.7 Å². The van der Waals surface area contributed by atoms with E-state index in [2.05, 4.69) is 71.8 Å². The lowest BCUT2D eigenvalue weighted by Gasteiger charge is -2.23. The van der Waals surface area contributed by atoms with Crippen molar-refractivity contribution < 1.29 is 0 Å². The highest BCUT2D eigenvalue weighted by Crippen LogP contribution is 2.27. The Balaban J connectivity index is 1.71. The number of nitrogens with zero attached hydrogens (tertiary/aromatic N) is 2. The summed E-state index contributed by atoms with van der Waals surface area (Å²) >= 11 is 0. The van der Waals surface area contributed by atoms with Crippen LogP contribution in [0.4, 0.5) is 5.69 Å². The van der Waals surface area contributed by atoms with E-state index in [0.717, 1.165) is 12.1 Å². The van der Waals surface area contributed by atoms with Crippen molar-refractivity contribution in [3.63, 3.8) is 0 Å². The Morgan fingerprint density at radius 1 is 1.08 bits per heavy atom. The summed E-state index contributed by atoms with van der Waals surface area (Å²) in [7, 11) is 4.15. The number of anilines is 1. The van der Waals surface area contributed by atoms with Gasteiger partial charge in [-0.15, -0.1) is 0 Å². The molecule has 0 fully saturated rings. The largest absolute Gasteiger partial charge is 0.370 e. The van der Waals surface area contributed by atoms with Crippen molar-refractivity contribution in [1.29, 1.82) is 0 Å². The van der Waals surface area contributed by atoms with Crippen molar-refractivity contribution in [1.82, 2.24) is 4.90 Å². The van der Waals surface area contributed by atoms with E-state index in [9.17, 15) is 0 Å². The lowest BCUT2D eigenvalue weighted by atomic mass is 9.90. The fourth-order valence-electron chi connectivity index (χ4n) is 3.50. The van der Waals surface area contributed by atoms with Crippen LogP contribution in [0.3, 0.4) is 0 Å². The van der Waals surface area contributed by atoms with Crippen LogP contribution in [0.15, 0.2) is 53.5 Å². The maximum absolute atomic E-state index is 6.19. The van der Waals surface area contributed by atoms with Crippen LogP contribution in [0, 0.1) is 0 Å². The first kappa shape index (κ1) is 17.5. The molecule has 4 heteroatoms. The first-order chi connectivity index (χ1) is 12.1. The van der Waals surface area contributed by atoms with E-state index < -0.39 is 0 Å². The first-order valence-electron chi connectivity index (χ1n) is 9.04. The maximum Gasteiger partial charge on any atom is 0.193 e. The summed E-state index contributed by atoms with van der Waals surface area (Å²) in [5, 5.41) is 3.33. The number of benzene rings is 2. The van der Waals surface area contributed by atoms with Crippen molar-refractivity contribution >= 4 is 11.6 Å². The van der Waals surface area contributed by atoms with E-state index in [1.165, 1.54) is 36.0 Å². The normalized spacial score (nSPS) is 15.7. The van der Waals surface area contributed by atoms with E-state index >= 15 is 0 Å². The molecular weight excluding hydrogens is 308 g/mol. The molecule has 0 heterocycles. The Labute approximate surface area is 150 Å². The van der Waals surface area contributed by atoms with E-state index in [1.54, 1.807) is 0 Å². The molecule has 0 aliphatic heterocycles. The van der Waals surface area contributed by atoms with Gasteiger partial charge in [0.05, 0.1) is 12.6 Å². The predicted molar refractivity (Wildman–Crippen MR) is 106 cm³/mol. The summed E-state index contributed by atoms with van der Waals surface area (Å²) in [5.41, 5.74) is 11.4. The Kier molecular flexibility index (Phi) is 5.71. The number of aliphatic imine (C=N–C) groups is 1. The van der Waals surface area contributed by atoms with Gasteiger partial charge in [0, 0.05) is 5.69 Å². The molecule has 25 heavy (non-hydrogen) atoms. The third kappa shape index (κ3) is 4.40. The molecule has 0 aromatic heterocycles. The number of nitrogens with one attached hydrogen (secondary N) is 1. The standard InChI is InChI=1S/C21H28N4/c1-25(2)20(17-10-4-3-5-11-17)15-23-21(22)24-19-14-8-12-16-9-6-7-13-18(16)19/h3-5,8,10-12,14,20H,6-7,9,13,15H2,1-2H3,(H3,22,23,24). The molecule has 0 saturated heterocycles. The van der Waals surface area contributed by atoms with Crippen molar-refractivity contribution in [3.8, 4) is 0 Å². The molecule has 1 atom stereocenters. The summed E-state index contributed by atoms with van der Waals surface area (Å²) in [6, 6.07) is 17.1. The van der Waals surface area contributed by atoms with Crippen LogP contribution < -0.4 is 11.1 Å². The average molecular weight is 336 g/mol. The van der Waals surface area contributed by atoms with Gasteiger partial charge in [-0.25, -0.2) is 0 Å². The van der Waals surface area contributed by atoms with E-state index in [-0.39, 0.29) is 6.04 Å². The van der Waals surface area contributed by atoms with Crippen LogP contribution in [0.5, 0.6) is 0 Å². The van der Waals surface area contributed by atoms with Crippen molar-refractivity contribution in [2.75, 3.05) is 26.0 Å². The van der Waals surface area contributed by atoms with Crippen LogP contribution in [0.2, 0.25) is 0 Å². The van der Waals surface area contributed by atoms with Crippen LogP contribution in [0.25, 0.3) is 0 Å². The number of hydrogen-bond donors (Lipinski definition) is 2. The Morgan fingerprint density at radius 3 is 2.60 bits per heavy atom. The lowest BCUT2D eigenvalue weighted by molar-refractivity contribution is 0.306. The SMILES string of the molecule is CN(C)C(CN=C(N)Nc1cccc2c1CCCC2)c1ccccc1. The zero-order valence-corrected chi connectivity index (χ0v) is 15.2. The molecule has 0 saturated carbocycles. The summed E-state index contributed by atoms with van der Waals surface area (Å²) in [6.07, 6.45) is 4.82. The Morgan fingerprint density at radius 2 is 1.84 bits per heavy atom. The van der Waals surface area contributed by atoms with E-state index in [1.807, 2.05) is 6.07 Å². The summed E-state index contributed by atoms with van der Waals surface area (Å²) in [6.45, 7) is 0.630. The first-order valence-corrected chi connectivity index (χ1v) is 9.04. The number of guanidine groups is 1. The summed E-state index contributed by atoms with van der Waals surface area (Å²) in [5.74, 6) is 0.488. The molecule has 132 valence electrons. The Bertz CT molecular complexity index is 722. The van der Waals surface area contributed by atoms with Crippen LogP contribution in [0.1, 0.15) is 35.6 Å². The van der Waals surface area contributed by atoms with Crippen molar-refractivity contribution in [2.45, 2.75) is 31.7 Å². The molecule has 1 aliphatic rings. The minimum absolute atomic E-state index is 0.214. The second kappa shape index (κ2) is 8.17. The molecule has 0 bridgehead atoms. The zero-order valence-electron chi connectivity index (χ0n) is 15.2. The number of hydrogen-bond acceptors (Lipinski definition) is 2. The fourth-order valence-corrected chi connectivity index (χ4v) is 3.50. The van der Waals surface area contributed by atoms with Gasteiger partial charge in [0.15, 0.2) is 5.96 Å². The molecule has 2 aromatic carbocycles. The van der Waals surface area contributed by atoms with Gasteiger partial charge in [0.25, 0.3) is 0 Å². The van der Waals surface area contributed by atoms with E-state index in [4.69, 9.17) is 5.73 Å². The molecule has 1 unspecified atom stereocenters. The van der Waals surface area contributed by atoms with Crippen LogP contribution >= 0.6 is 0 Å². The fraction of sp³-hybridized carbons (Fsp3) is 0.381. The summed E-state index contributed by atoms with van der Waals surface area (Å²) in [4.78, 5) is 6.79. The second-order valence-corrected chi connectivity index (χ2v) is 6.89. The minimum Gasteiger partial charge on any atom is -0.370 e. The lowest BCUT2D eigenvalue weighted by Crippen LogP contribution is -2.27. The minimum atomic E-state index is 0.214. The highest BCUT2D eigenvalue weighted by molar-refractivity contribution is 5.93. The van der Waals surface area contributed by atoms with Gasteiger partial charge in [-0.2, -0.15) is 0 Å². The zero-order chi connectivity index (χ0) is 17.6. The second-order valence-electron chi connectivity index (χ2n) is 6.89. The molecule has 0 spiro atoms. The van der Waals surface area contributed by atoms with Gasteiger partial charge in [-0.3, -0.25) is 4.99 Å². The average Bonchev–Trinajstić information content (AvgIpc) is 2.63. The molecule has 3 N–H and O–H groups in total. The van der Waals surface area contributed by atoms with Gasteiger partial charge in [0.1, 0.15) is 0 Å². The topological polar surface area (TPSA) is 53.6 Å². The van der Waals surface area contributed by atoms with Crippen LogP contribution in [-0.4, -0.2) is 31.5 Å². The summed E-state index contributed by atoms with van der Waals surface area (Å²) < 4.78 is 0. The predicted octanol–water partition coefficient (Wildman–Crippen LogP) is 3.59. The van der Waals surface area contributed by atoms with Gasteiger partial charge in [0.2, 0.25) is 0 Å². The monoisotopic (exact) mass is 336 g/mol. The maximum atomic E-state index is 6.19. The highest BCUT2D eigenvalue weighted by atomic mass is 15.1. The quantitative estimate of drug-likeness (QED) is 0.648. The number of aryl methyl sites for hydroxylation is 1. The van der Waals surface area contributed by atoms with Crippen LogP contribution in [-0.2, 0) is 12.8 Å². The number of nitrogens with two attached hydrogens (primary N) is 1.